The second kappa shape index (κ2) is 6.73. The van der Waals surface area contributed by atoms with Crippen LogP contribution in [0.4, 0.5) is 0 Å². The largest absolute Gasteiger partial charge is 0.385 e. The molecule has 1 amide bonds. The molecule has 5 nitrogen and oxygen atoms in total. The fraction of sp³-hybridized carbons (Fsp3) is 0.333. The van der Waals surface area contributed by atoms with Gasteiger partial charge in [-0.05, 0) is 24.6 Å². The van der Waals surface area contributed by atoms with Crippen molar-refractivity contribution in [1.82, 2.24) is 9.88 Å². The molecule has 0 aliphatic heterocycles. The molecule has 104 valence electrons. The van der Waals surface area contributed by atoms with E-state index in [1.54, 1.807) is 13.2 Å². The Morgan fingerprint density at radius 1 is 1.45 bits per heavy atom. The summed E-state index contributed by atoms with van der Waals surface area (Å²) in [4.78, 5) is 11.8. The Balaban J connectivity index is 2.03. The van der Waals surface area contributed by atoms with E-state index in [1.165, 1.54) is 0 Å². The zero-order valence-electron chi connectivity index (χ0n) is 11.4. The van der Waals surface area contributed by atoms with Crippen LogP contribution in [0, 0.1) is 11.3 Å². The molecule has 0 spiro atoms. The quantitative estimate of drug-likeness (QED) is 0.813. The van der Waals surface area contributed by atoms with E-state index in [9.17, 15) is 4.79 Å². The molecule has 0 atom stereocenters. The molecule has 0 radical (unpaired) electrons. The highest BCUT2D eigenvalue weighted by atomic mass is 16.5. The summed E-state index contributed by atoms with van der Waals surface area (Å²) in [6, 6.07) is 9.54. The maximum absolute atomic E-state index is 11.8. The summed E-state index contributed by atoms with van der Waals surface area (Å²) in [6.07, 6.45) is 2.63. The molecule has 1 aromatic heterocycles. The molecular weight excluding hydrogens is 254 g/mol. The summed E-state index contributed by atoms with van der Waals surface area (Å²) < 4.78 is 6.77. The van der Waals surface area contributed by atoms with Crippen molar-refractivity contribution < 1.29 is 9.53 Å². The molecule has 0 saturated heterocycles. The van der Waals surface area contributed by atoms with Crippen molar-refractivity contribution in [2.45, 2.75) is 13.0 Å². The zero-order valence-corrected chi connectivity index (χ0v) is 11.4. The van der Waals surface area contributed by atoms with Crippen molar-refractivity contribution in [1.29, 1.82) is 5.26 Å². The van der Waals surface area contributed by atoms with Crippen molar-refractivity contribution in [3.05, 3.63) is 36.0 Å². The number of ether oxygens (including phenoxy) is 1. The number of aromatic nitrogens is 1. The maximum Gasteiger partial charge on any atom is 0.239 e. The summed E-state index contributed by atoms with van der Waals surface area (Å²) in [5.74, 6) is -0.0408. The average Bonchev–Trinajstić information content (AvgIpc) is 2.87. The zero-order chi connectivity index (χ0) is 14.4. The van der Waals surface area contributed by atoms with Crippen LogP contribution in [0.1, 0.15) is 12.0 Å². The first-order valence-electron chi connectivity index (χ1n) is 6.50. The number of methoxy groups -OCH3 is 1. The molecule has 0 unspecified atom stereocenters. The van der Waals surface area contributed by atoms with Gasteiger partial charge >= 0.3 is 0 Å². The lowest BCUT2D eigenvalue weighted by Gasteiger charge is -2.07. The molecule has 0 bridgehead atoms. The van der Waals surface area contributed by atoms with E-state index < -0.39 is 0 Å². The summed E-state index contributed by atoms with van der Waals surface area (Å²) in [5, 5.41) is 12.8. The van der Waals surface area contributed by atoms with Gasteiger partial charge in [0.1, 0.15) is 6.54 Å². The van der Waals surface area contributed by atoms with E-state index in [-0.39, 0.29) is 12.5 Å². The monoisotopic (exact) mass is 271 g/mol. The first kappa shape index (κ1) is 14.1. The molecule has 20 heavy (non-hydrogen) atoms. The third kappa shape index (κ3) is 3.16. The van der Waals surface area contributed by atoms with Crippen molar-refractivity contribution in [3.8, 4) is 6.07 Å². The van der Waals surface area contributed by atoms with Gasteiger partial charge in [0, 0.05) is 37.4 Å². The Bertz CT molecular complexity index is 640. The number of rotatable bonds is 6. The van der Waals surface area contributed by atoms with Gasteiger partial charge in [-0.25, -0.2) is 0 Å². The number of hydrogen-bond acceptors (Lipinski definition) is 3. The number of nitrogens with one attached hydrogen (secondary N) is 1. The number of nitrogens with zero attached hydrogens (tertiary/aromatic N) is 2. The minimum absolute atomic E-state index is 0.0408. The highest BCUT2D eigenvalue weighted by molar-refractivity contribution is 5.87. The van der Waals surface area contributed by atoms with Crippen LogP contribution >= 0.6 is 0 Å². The molecule has 0 aliphatic rings. The number of carbonyl (C=O) groups excluding carboxylic acids is 1. The van der Waals surface area contributed by atoms with Gasteiger partial charge in [0.2, 0.25) is 5.91 Å². The van der Waals surface area contributed by atoms with Gasteiger partial charge in [-0.2, -0.15) is 5.26 Å². The van der Waals surface area contributed by atoms with Crippen LogP contribution in [-0.2, 0) is 16.1 Å². The fourth-order valence-corrected chi connectivity index (χ4v) is 2.11. The molecule has 0 fully saturated rings. The van der Waals surface area contributed by atoms with Crippen LogP contribution in [-0.4, -0.2) is 30.7 Å². The van der Waals surface area contributed by atoms with Gasteiger partial charge in [0.25, 0.3) is 0 Å². The Morgan fingerprint density at radius 3 is 3.05 bits per heavy atom. The lowest BCUT2D eigenvalue weighted by atomic mass is 10.1. The first-order valence-corrected chi connectivity index (χ1v) is 6.50. The molecular formula is C15H17N3O2. The van der Waals surface area contributed by atoms with Gasteiger partial charge in [-0.3, -0.25) is 4.79 Å². The van der Waals surface area contributed by atoms with Crippen molar-refractivity contribution >= 4 is 16.8 Å². The van der Waals surface area contributed by atoms with E-state index >= 15 is 0 Å². The predicted molar refractivity (Wildman–Crippen MR) is 76.2 cm³/mol. The minimum atomic E-state index is -0.0408. The van der Waals surface area contributed by atoms with E-state index in [0.29, 0.717) is 18.7 Å². The SMILES string of the molecule is COCCCNC(=O)Cn1ccc2c(C#N)cccc21. The van der Waals surface area contributed by atoms with Gasteiger partial charge < -0.3 is 14.6 Å². The number of amides is 1. The van der Waals surface area contributed by atoms with Gasteiger partial charge in [0.05, 0.1) is 11.6 Å². The van der Waals surface area contributed by atoms with E-state index in [4.69, 9.17) is 10.00 Å². The lowest BCUT2D eigenvalue weighted by molar-refractivity contribution is -0.121. The average molecular weight is 271 g/mol. The van der Waals surface area contributed by atoms with Crippen LogP contribution in [0.2, 0.25) is 0 Å². The van der Waals surface area contributed by atoms with Crippen LogP contribution in [0.15, 0.2) is 30.5 Å². The molecule has 5 heteroatoms. The normalized spacial score (nSPS) is 10.4. The second-order valence-electron chi connectivity index (χ2n) is 4.49. The maximum atomic E-state index is 11.8. The minimum Gasteiger partial charge on any atom is -0.385 e. The second-order valence-corrected chi connectivity index (χ2v) is 4.49. The molecule has 1 aromatic carbocycles. The molecule has 2 rings (SSSR count). The number of carbonyl (C=O) groups is 1. The van der Waals surface area contributed by atoms with Crippen LogP contribution in [0.5, 0.6) is 0 Å². The number of nitriles is 1. The van der Waals surface area contributed by atoms with Crippen LogP contribution < -0.4 is 5.32 Å². The summed E-state index contributed by atoms with van der Waals surface area (Å²) in [6.45, 7) is 1.50. The summed E-state index contributed by atoms with van der Waals surface area (Å²) in [5.41, 5.74) is 1.53. The fourth-order valence-electron chi connectivity index (χ4n) is 2.11. The highest BCUT2D eigenvalue weighted by Gasteiger charge is 2.08. The van der Waals surface area contributed by atoms with E-state index in [2.05, 4.69) is 11.4 Å². The van der Waals surface area contributed by atoms with E-state index in [1.807, 2.05) is 29.0 Å². The van der Waals surface area contributed by atoms with Crippen LogP contribution in [0.25, 0.3) is 10.9 Å². The summed E-state index contributed by atoms with van der Waals surface area (Å²) >= 11 is 0. The topological polar surface area (TPSA) is 67.0 Å². The smallest absolute Gasteiger partial charge is 0.239 e. The number of fused-ring (bicyclic) bond motifs is 1. The Morgan fingerprint density at radius 2 is 2.30 bits per heavy atom. The Labute approximate surface area is 117 Å². The molecule has 2 aromatic rings. The predicted octanol–water partition coefficient (Wildman–Crippen LogP) is 1.67. The van der Waals surface area contributed by atoms with Crippen LogP contribution in [0.3, 0.4) is 0 Å². The molecule has 1 N–H and O–H groups in total. The number of benzene rings is 1. The van der Waals surface area contributed by atoms with Crippen molar-refractivity contribution in [2.24, 2.45) is 0 Å². The van der Waals surface area contributed by atoms with Crippen molar-refractivity contribution in [3.63, 3.8) is 0 Å². The Kier molecular flexibility index (Phi) is 4.75. The highest BCUT2D eigenvalue weighted by Crippen LogP contribution is 2.19. The Hall–Kier alpha value is -2.32. The van der Waals surface area contributed by atoms with Gasteiger partial charge in [-0.15, -0.1) is 0 Å². The van der Waals surface area contributed by atoms with E-state index in [0.717, 1.165) is 17.3 Å². The lowest BCUT2D eigenvalue weighted by Crippen LogP contribution is -2.28. The molecule has 0 aliphatic carbocycles. The molecule has 1 heterocycles. The van der Waals surface area contributed by atoms with Gasteiger partial charge in [-0.1, -0.05) is 6.07 Å². The first-order chi connectivity index (χ1) is 9.76. The molecule has 0 saturated carbocycles. The third-order valence-electron chi connectivity index (χ3n) is 3.10. The van der Waals surface area contributed by atoms with Gasteiger partial charge in [0.15, 0.2) is 0 Å². The number of hydrogen-bond donors (Lipinski definition) is 1. The summed E-state index contributed by atoms with van der Waals surface area (Å²) in [7, 11) is 1.64. The standard InChI is InChI=1S/C15H17N3O2/c1-20-9-3-7-17-15(19)11-18-8-6-13-12(10-16)4-2-5-14(13)18/h2,4-6,8H,3,7,9,11H2,1H3,(H,17,19). The van der Waals surface area contributed by atoms with Crippen molar-refractivity contribution in [2.75, 3.05) is 20.3 Å². The third-order valence-corrected chi connectivity index (χ3v) is 3.10.